The lowest BCUT2D eigenvalue weighted by molar-refractivity contribution is -0.131. The van der Waals surface area contributed by atoms with Gasteiger partial charge in [-0.3, -0.25) is 0 Å². The Balaban J connectivity index is 2.30. The molecule has 0 amide bonds. The minimum atomic E-state index is -0.989. The third-order valence-electron chi connectivity index (χ3n) is 2.81. The Morgan fingerprint density at radius 1 is 1.40 bits per heavy atom. The Bertz CT molecular complexity index is 623. The van der Waals surface area contributed by atoms with Crippen LogP contribution >= 0.6 is 22.9 Å². The highest BCUT2D eigenvalue weighted by atomic mass is 35.5. The molecule has 0 atom stereocenters. The van der Waals surface area contributed by atoms with Crippen molar-refractivity contribution in [2.24, 2.45) is 0 Å². The second kappa shape index (κ2) is 6.59. The molecule has 0 aliphatic carbocycles. The first-order valence-corrected chi connectivity index (χ1v) is 7.26. The molecule has 0 aliphatic rings. The van der Waals surface area contributed by atoms with Gasteiger partial charge in [-0.15, -0.1) is 11.3 Å². The first kappa shape index (κ1) is 14.6. The van der Waals surface area contributed by atoms with Crippen LogP contribution in [0.25, 0.3) is 6.08 Å². The molecule has 2 rings (SSSR count). The van der Waals surface area contributed by atoms with Crippen LogP contribution in [0.5, 0.6) is 0 Å². The maximum absolute atomic E-state index is 10.7. The van der Waals surface area contributed by atoms with Gasteiger partial charge in [0.05, 0.1) is 6.54 Å². The summed E-state index contributed by atoms with van der Waals surface area (Å²) in [6.45, 7) is 0.756. The van der Waals surface area contributed by atoms with Gasteiger partial charge in [-0.2, -0.15) is 0 Å². The van der Waals surface area contributed by atoms with Crippen LogP contribution in [0.1, 0.15) is 10.4 Å². The molecule has 0 saturated carbocycles. The number of halogens is 1. The van der Waals surface area contributed by atoms with Crippen LogP contribution in [0.4, 0.5) is 5.69 Å². The number of hydrogen-bond donors (Lipinski definition) is 1. The van der Waals surface area contributed by atoms with E-state index in [0.717, 1.165) is 23.9 Å². The van der Waals surface area contributed by atoms with Gasteiger partial charge >= 0.3 is 5.97 Å². The van der Waals surface area contributed by atoms with Crippen molar-refractivity contribution in [3.05, 3.63) is 57.3 Å². The molecule has 0 aliphatic heterocycles. The summed E-state index contributed by atoms with van der Waals surface area (Å²) in [6, 6.07) is 9.63. The quantitative estimate of drug-likeness (QED) is 0.844. The van der Waals surface area contributed by atoms with E-state index in [-0.39, 0.29) is 0 Å². The lowest BCUT2D eigenvalue weighted by Crippen LogP contribution is -2.16. The lowest BCUT2D eigenvalue weighted by atomic mass is 10.1. The van der Waals surface area contributed by atoms with Crippen molar-refractivity contribution < 1.29 is 9.90 Å². The fourth-order valence-electron chi connectivity index (χ4n) is 1.90. The highest BCUT2D eigenvalue weighted by Crippen LogP contribution is 2.29. The number of thiophene rings is 1. The smallest absolute Gasteiger partial charge is 0.328 e. The SMILES string of the molecule is CN(Cc1cccs1)c1cccc(Cl)c1/C=C/C(=O)O. The van der Waals surface area contributed by atoms with Crippen molar-refractivity contribution in [3.8, 4) is 0 Å². The molecule has 0 saturated heterocycles. The molecule has 20 heavy (non-hydrogen) atoms. The van der Waals surface area contributed by atoms with E-state index in [0.29, 0.717) is 5.02 Å². The van der Waals surface area contributed by atoms with Gasteiger partial charge in [0.1, 0.15) is 0 Å². The van der Waals surface area contributed by atoms with Crippen molar-refractivity contribution in [2.75, 3.05) is 11.9 Å². The van der Waals surface area contributed by atoms with E-state index in [4.69, 9.17) is 16.7 Å². The second-order valence-electron chi connectivity index (χ2n) is 4.28. The number of aliphatic carboxylic acids is 1. The predicted octanol–water partition coefficient (Wildman–Crippen LogP) is 4.14. The fourth-order valence-corrected chi connectivity index (χ4v) is 2.89. The minimum Gasteiger partial charge on any atom is -0.478 e. The van der Waals surface area contributed by atoms with Gasteiger partial charge in [-0.1, -0.05) is 23.7 Å². The second-order valence-corrected chi connectivity index (χ2v) is 5.72. The highest BCUT2D eigenvalue weighted by Gasteiger charge is 2.10. The summed E-state index contributed by atoms with van der Waals surface area (Å²) in [5.74, 6) is -0.989. The van der Waals surface area contributed by atoms with Crippen LogP contribution < -0.4 is 4.90 Å². The van der Waals surface area contributed by atoms with Crippen LogP contribution in [-0.2, 0) is 11.3 Å². The first-order chi connectivity index (χ1) is 9.58. The molecular formula is C15H14ClNO2S. The number of benzene rings is 1. The number of carbonyl (C=O) groups is 1. The molecule has 1 aromatic carbocycles. The van der Waals surface area contributed by atoms with Crippen LogP contribution in [-0.4, -0.2) is 18.1 Å². The predicted molar refractivity (Wildman–Crippen MR) is 84.5 cm³/mol. The van der Waals surface area contributed by atoms with E-state index < -0.39 is 5.97 Å². The van der Waals surface area contributed by atoms with Gasteiger partial charge < -0.3 is 10.0 Å². The third kappa shape index (κ3) is 3.62. The number of hydrogen-bond acceptors (Lipinski definition) is 3. The topological polar surface area (TPSA) is 40.5 Å². The molecular weight excluding hydrogens is 294 g/mol. The van der Waals surface area contributed by atoms with E-state index >= 15 is 0 Å². The molecule has 0 bridgehead atoms. The lowest BCUT2D eigenvalue weighted by Gasteiger charge is -2.21. The molecule has 5 heteroatoms. The molecule has 0 fully saturated rings. The van der Waals surface area contributed by atoms with Crippen LogP contribution in [0.3, 0.4) is 0 Å². The maximum Gasteiger partial charge on any atom is 0.328 e. The van der Waals surface area contributed by atoms with Crippen LogP contribution in [0, 0.1) is 0 Å². The zero-order valence-electron chi connectivity index (χ0n) is 10.9. The maximum atomic E-state index is 10.7. The van der Waals surface area contributed by atoms with E-state index in [2.05, 4.69) is 11.0 Å². The summed E-state index contributed by atoms with van der Waals surface area (Å²) >= 11 is 7.86. The first-order valence-electron chi connectivity index (χ1n) is 6.01. The van der Waals surface area contributed by atoms with E-state index in [1.165, 1.54) is 11.0 Å². The molecule has 0 spiro atoms. The zero-order chi connectivity index (χ0) is 14.5. The Labute approximate surface area is 126 Å². The van der Waals surface area contributed by atoms with E-state index in [1.54, 1.807) is 17.4 Å². The minimum absolute atomic E-state index is 0.540. The molecule has 3 nitrogen and oxygen atoms in total. The largest absolute Gasteiger partial charge is 0.478 e. The Hall–Kier alpha value is -1.78. The van der Waals surface area contributed by atoms with Crippen molar-refractivity contribution in [3.63, 3.8) is 0 Å². The van der Waals surface area contributed by atoms with Gasteiger partial charge in [0.25, 0.3) is 0 Å². The molecule has 1 heterocycles. The van der Waals surface area contributed by atoms with E-state index in [9.17, 15) is 4.79 Å². The van der Waals surface area contributed by atoms with Gasteiger partial charge in [-0.05, 0) is 29.7 Å². The molecule has 1 N–H and O–H groups in total. The average Bonchev–Trinajstić information content (AvgIpc) is 2.89. The van der Waals surface area contributed by atoms with Gasteiger partial charge in [0.2, 0.25) is 0 Å². The summed E-state index contributed by atoms with van der Waals surface area (Å²) in [5.41, 5.74) is 1.62. The summed E-state index contributed by atoms with van der Waals surface area (Å²) in [7, 11) is 1.96. The van der Waals surface area contributed by atoms with Gasteiger partial charge in [0.15, 0.2) is 0 Å². The van der Waals surface area contributed by atoms with Crippen molar-refractivity contribution in [1.82, 2.24) is 0 Å². The normalized spacial score (nSPS) is 10.9. The monoisotopic (exact) mass is 307 g/mol. The highest BCUT2D eigenvalue weighted by molar-refractivity contribution is 7.09. The molecule has 0 radical (unpaired) electrons. The summed E-state index contributed by atoms with van der Waals surface area (Å²) in [4.78, 5) is 14.0. The molecule has 104 valence electrons. The van der Waals surface area contributed by atoms with Crippen molar-refractivity contribution in [1.29, 1.82) is 0 Å². The van der Waals surface area contributed by atoms with Crippen LogP contribution in [0.2, 0.25) is 5.02 Å². The Morgan fingerprint density at radius 3 is 2.85 bits per heavy atom. The standard InChI is InChI=1S/C15H14ClNO2S/c1-17(10-11-4-3-9-20-11)14-6-2-5-13(16)12(14)7-8-15(18)19/h2-9H,10H2,1H3,(H,18,19)/b8-7+. The van der Waals surface area contributed by atoms with Crippen molar-refractivity contribution >= 4 is 40.7 Å². The van der Waals surface area contributed by atoms with Gasteiger partial charge in [-0.25, -0.2) is 4.79 Å². The summed E-state index contributed by atoms with van der Waals surface area (Å²) in [5, 5.41) is 11.3. The fraction of sp³-hybridized carbons (Fsp3) is 0.133. The number of rotatable bonds is 5. The summed E-state index contributed by atoms with van der Waals surface area (Å²) < 4.78 is 0. The van der Waals surface area contributed by atoms with Crippen molar-refractivity contribution in [2.45, 2.75) is 6.54 Å². The average molecular weight is 308 g/mol. The Morgan fingerprint density at radius 2 is 2.20 bits per heavy atom. The van der Waals surface area contributed by atoms with E-state index in [1.807, 2.05) is 30.6 Å². The molecule has 2 aromatic rings. The summed E-state index contributed by atoms with van der Waals surface area (Å²) in [6.07, 6.45) is 2.63. The number of carboxylic acid groups (broad SMARTS) is 1. The molecule has 1 aromatic heterocycles. The number of nitrogens with zero attached hydrogens (tertiary/aromatic N) is 1. The van der Waals surface area contributed by atoms with Gasteiger partial charge in [0, 0.05) is 34.3 Å². The molecule has 0 unspecified atom stereocenters. The number of anilines is 1. The zero-order valence-corrected chi connectivity index (χ0v) is 12.5. The van der Waals surface area contributed by atoms with Crippen LogP contribution in [0.15, 0.2) is 41.8 Å². The Kier molecular flexibility index (Phi) is 4.82. The third-order valence-corrected chi connectivity index (χ3v) is 4.00. The number of carboxylic acids is 1.